The Morgan fingerprint density at radius 3 is 2.46 bits per heavy atom. The Hall–Kier alpha value is -3.04. The van der Waals surface area contributed by atoms with E-state index in [0.29, 0.717) is 11.5 Å². The van der Waals surface area contributed by atoms with Crippen molar-refractivity contribution >= 4 is 11.6 Å². The van der Waals surface area contributed by atoms with E-state index >= 15 is 8.78 Å². The van der Waals surface area contributed by atoms with Crippen LogP contribution in [0.15, 0.2) is 72.3 Å². The van der Waals surface area contributed by atoms with Gasteiger partial charge in [0.25, 0.3) is 0 Å². The fourth-order valence-corrected chi connectivity index (χ4v) is 10.3. The Kier molecular flexibility index (Phi) is 8.02. The zero-order valence-corrected chi connectivity index (χ0v) is 28.3. The third-order valence-corrected chi connectivity index (χ3v) is 12.7. The van der Waals surface area contributed by atoms with Gasteiger partial charge in [-0.1, -0.05) is 82.3 Å². The van der Waals surface area contributed by atoms with E-state index in [9.17, 15) is 19.8 Å². The minimum absolute atomic E-state index is 0.0457. The highest BCUT2D eigenvalue weighted by Crippen LogP contribution is 2.72. The molecule has 6 nitrogen and oxygen atoms in total. The topological polar surface area (TPSA) is 93.1 Å². The SMILES string of the molecule is CC(C)Cc1cccc([C@@H](C)c2ccc([C@H]3O[C@@H]4C[C@H]5[C@@H]6C[C@H](F)C7=CC(=O)C=C[C@]7(C)[C@@]6(F)[C@@H](O)C[C@]5(C)[C@]4(C(=O)CO)O3)cc2)c1. The maximum absolute atomic E-state index is 17.6. The number of hydrogen-bond acceptors (Lipinski definition) is 6. The monoisotopic (exact) mass is 660 g/mol. The molecule has 1 heterocycles. The average Bonchev–Trinajstić information content (AvgIpc) is 3.56. The van der Waals surface area contributed by atoms with Crippen LogP contribution in [-0.4, -0.2) is 58.0 Å². The molecule has 4 fully saturated rings. The van der Waals surface area contributed by atoms with Gasteiger partial charge >= 0.3 is 0 Å². The van der Waals surface area contributed by atoms with Crippen molar-refractivity contribution in [1.29, 1.82) is 0 Å². The summed E-state index contributed by atoms with van der Waals surface area (Å²) in [5.74, 6) is -1.87. The normalized spacial score (nSPS) is 40.5. The molecule has 0 unspecified atom stereocenters. The van der Waals surface area contributed by atoms with Crippen LogP contribution in [0.4, 0.5) is 8.78 Å². The largest absolute Gasteiger partial charge is 0.390 e. The molecule has 0 radical (unpaired) electrons. The van der Waals surface area contributed by atoms with E-state index in [0.717, 1.165) is 18.1 Å². The van der Waals surface area contributed by atoms with Crippen LogP contribution in [0, 0.1) is 28.6 Å². The minimum Gasteiger partial charge on any atom is -0.390 e. The van der Waals surface area contributed by atoms with Crippen LogP contribution in [0.2, 0.25) is 0 Å². The first-order chi connectivity index (χ1) is 22.7. The van der Waals surface area contributed by atoms with Crippen LogP contribution in [0.1, 0.15) is 88.3 Å². The van der Waals surface area contributed by atoms with Gasteiger partial charge in [0.05, 0.1) is 12.2 Å². The van der Waals surface area contributed by atoms with E-state index in [1.807, 2.05) is 24.3 Å². The average molecular weight is 661 g/mol. The molecule has 256 valence electrons. The van der Waals surface area contributed by atoms with Gasteiger partial charge in [0.1, 0.15) is 12.8 Å². The molecule has 2 aromatic carbocycles. The summed E-state index contributed by atoms with van der Waals surface area (Å²) in [6.07, 6.45) is -0.313. The number of alkyl halides is 2. The number of carbonyl (C=O) groups is 2. The van der Waals surface area contributed by atoms with Crippen molar-refractivity contribution in [2.45, 2.75) is 102 Å². The van der Waals surface area contributed by atoms with Crippen molar-refractivity contribution in [3.63, 3.8) is 0 Å². The van der Waals surface area contributed by atoms with Gasteiger partial charge in [-0.3, -0.25) is 9.59 Å². The molecular weight excluding hydrogens is 614 g/mol. The van der Waals surface area contributed by atoms with Crippen molar-refractivity contribution < 1.29 is 38.1 Å². The molecule has 2 aromatic rings. The molecule has 2 N–H and O–H groups in total. The summed E-state index contributed by atoms with van der Waals surface area (Å²) in [7, 11) is 0. The number of carbonyl (C=O) groups excluding carboxylic acids is 2. The number of halogens is 2. The number of hydrogen-bond donors (Lipinski definition) is 2. The molecule has 3 saturated carbocycles. The molecule has 0 amide bonds. The van der Waals surface area contributed by atoms with Gasteiger partial charge in [0.15, 0.2) is 29.1 Å². The van der Waals surface area contributed by atoms with Gasteiger partial charge in [-0.25, -0.2) is 8.78 Å². The molecule has 8 heteroatoms. The Bertz CT molecular complexity index is 1680. The molecule has 0 spiro atoms. The number of allylic oxidation sites excluding steroid dienone is 4. The smallest absolute Gasteiger partial charge is 0.193 e. The Morgan fingerprint density at radius 1 is 1.04 bits per heavy atom. The van der Waals surface area contributed by atoms with E-state index in [2.05, 4.69) is 45.0 Å². The lowest BCUT2D eigenvalue weighted by Gasteiger charge is -2.63. The zero-order valence-electron chi connectivity index (χ0n) is 28.3. The number of benzene rings is 2. The van der Waals surface area contributed by atoms with Gasteiger partial charge < -0.3 is 19.7 Å². The summed E-state index contributed by atoms with van der Waals surface area (Å²) < 4.78 is 46.6. The van der Waals surface area contributed by atoms with Gasteiger partial charge in [-0.15, -0.1) is 0 Å². The molecule has 0 bridgehead atoms. The molecule has 7 rings (SSSR count). The molecule has 4 aliphatic carbocycles. The number of rotatable bonds is 7. The van der Waals surface area contributed by atoms with Crippen LogP contribution >= 0.6 is 0 Å². The second-order valence-electron chi connectivity index (χ2n) is 15.7. The summed E-state index contributed by atoms with van der Waals surface area (Å²) >= 11 is 0. The molecule has 5 aliphatic rings. The van der Waals surface area contributed by atoms with Gasteiger partial charge in [0, 0.05) is 28.2 Å². The Morgan fingerprint density at radius 2 is 1.77 bits per heavy atom. The van der Waals surface area contributed by atoms with E-state index < -0.39 is 76.8 Å². The van der Waals surface area contributed by atoms with Crippen LogP contribution < -0.4 is 0 Å². The third kappa shape index (κ3) is 4.55. The van der Waals surface area contributed by atoms with Crippen molar-refractivity contribution in [2.75, 3.05) is 6.61 Å². The maximum Gasteiger partial charge on any atom is 0.193 e. The summed E-state index contributed by atoms with van der Waals surface area (Å²) in [4.78, 5) is 26.0. The van der Waals surface area contributed by atoms with Crippen LogP contribution in [-0.2, 0) is 25.5 Å². The predicted octanol–water partition coefficient (Wildman–Crippen LogP) is 6.68. The van der Waals surface area contributed by atoms with Crippen LogP contribution in [0.25, 0.3) is 0 Å². The standard InChI is InChI=1S/C40H46F2O6/c1-22(2)15-24-7-6-8-27(16-24)23(3)25-9-11-26(12-10-25)36-47-35-19-29-30-18-32(41)31-17-28(44)13-14-37(31,4)39(30,42)33(45)20-38(29,5)40(35,48-36)34(46)21-43/h6-14,16-17,22-23,29-30,32-33,35-36,43,45H,15,18-21H2,1-5H3/t23-,29-,30-,32-,33-,35+,36-,37-,38-,39-,40+/m0/s1. The summed E-state index contributed by atoms with van der Waals surface area (Å²) in [6.45, 7) is 9.11. The molecule has 11 atom stereocenters. The minimum atomic E-state index is -2.29. The Labute approximate surface area is 281 Å². The molecular formula is C40H46F2O6. The summed E-state index contributed by atoms with van der Waals surface area (Å²) in [5.41, 5.74) is -2.25. The van der Waals surface area contributed by atoms with E-state index in [-0.39, 0.29) is 30.8 Å². The lowest BCUT2D eigenvalue weighted by molar-refractivity contribution is -0.235. The van der Waals surface area contributed by atoms with Gasteiger partial charge in [-0.05, 0) is 78.9 Å². The quantitative estimate of drug-likeness (QED) is 0.344. The number of aliphatic hydroxyl groups is 2. The van der Waals surface area contributed by atoms with Crippen molar-refractivity contribution in [1.82, 2.24) is 0 Å². The highest BCUT2D eigenvalue weighted by atomic mass is 19.1. The molecule has 1 aliphatic heterocycles. The van der Waals surface area contributed by atoms with Crippen molar-refractivity contribution in [3.8, 4) is 0 Å². The number of ketones is 2. The first-order valence-corrected chi connectivity index (χ1v) is 17.3. The van der Waals surface area contributed by atoms with Crippen molar-refractivity contribution in [2.24, 2.45) is 28.6 Å². The second kappa shape index (κ2) is 11.5. The van der Waals surface area contributed by atoms with Gasteiger partial charge in [0.2, 0.25) is 0 Å². The lowest BCUT2D eigenvalue weighted by atomic mass is 9.44. The van der Waals surface area contributed by atoms with E-state index in [4.69, 9.17) is 9.47 Å². The molecule has 1 saturated heterocycles. The number of Topliss-reactive ketones (excluding diaryl/α,β-unsaturated/α-hetero) is 1. The van der Waals surface area contributed by atoms with E-state index in [1.165, 1.54) is 23.3 Å². The fourth-order valence-electron chi connectivity index (χ4n) is 10.3. The van der Waals surface area contributed by atoms with Crippen LogP contribution in [0.5, 0.6) is 0 Å². The lowest BCUT2D eigenvalue weighted by Crippen LogP contribution is -2.70. The van der Waals surface area contributed by atoms with E-state index in [1.54, 1.807) is 13.8 Å². The summed E-state index contributed by atoms with van der Waals surface area (Å²) in [6, 6.07) is 16.6. The number of fused-ring (bicyclic) bond motifs is 7. The number of aliphatic hydroxyl groups excluding tert-OH is 2. The predicted molar refractivity (Wildman–Crippen MR) is 176 cm³/mol. The second-order valence-corrected chi connectivity index (χ2v) is 15.7. The third-order valence-electron chi connectivity index (χ3n) is 12.7. The zero-order chi connectivity index (χ0) is 34.4. The summed E-state index contributed by atoms with van der Waals surface area (Å²) in [5, 5.41) is 22.0. The highest BCUT2D eigenvalue weighted by molar-refractivity contribution is 6.01. The Balaban J connectivity index is 1.18. The van der Waals surface area contributed by atoms with Crippen LogP contribution in [0.3, 0.4) is 0 Å². The highest BCUT2D eigenvalue weighted by Gasteiger charge is 2.80. The van der Waals surface area contributed by atoms with Crippen molar-refractivity contribution in [3.05, 3.63) is 94.6 Å². The molecule has 0 aromatic heterocycles. The fraction of sp³-hybridized carbons (Fsp3) is 0.550. The van der Waals surface area contributed by atoms with Gasteiger partial charge in [-0.2, -0.15) is 0 Å². The first-order valence-electron chi connectivity index (χ1n) is 17.3. The first kappa shape index (κ1) is 33.5. The number of ether oxygens (including phenoxy) is 2. The maximum atomic E-state index is 17.6. The molecule has 48 heavy (non-hydrogen) atoms.